The van der Waals surface area contributed by atoms with E-state index in [9.17, 15) is 0 Å². The monoisotopic (exact) mass is 407 g/mol. The van der Waals surface area contributed by atoms with E-state index in [4.69, 9.17) is 0 Å². The first kappa shape index (κ1) is 15.3. The van der Waals surface area contributed by atoms with Crippen LogP contribution in [0, 0.1) is 0 Å². The number of hydrogen-bond acceptors (Lipinski definition) is 1. The van der Waals surface area contributed by atoms with Crippen LogP contribution in [-0.2, 0) is 0 Å². The van der Waals surface area contributed by atoms with Gasteiger partial charge in [-0.2, -0.15) is 0 Å². The molecule has 1 unspecified atom stereocenters. The Morgan fingerprint density at radius 3 is 2.52 bits per heavy atom. The molecule has 1 saturated carbocycles. The topological polar surface area (TPSA) is 12.0 Å². The van der Waals surface area contributed by atoms with E-state index in [1.807, 2.05) is 0 Å². The van der Waals surface area contributed by atoms with Crippen molar-refractivity contribution in [3.63, 3.8) is 0 Å². The van der Waals surface area contributed by atoms with Crippen LogP contribution in [0.2, 0.25) is 0 Å². The summed E-state index contributed by atoms with van der Waals surface area (Å²) in [5.74, 6) is 0.700. The highest BCUT2D eigenvalue weighted by Crippen LogP contribution is 2.39. The maximum absolute atomic E-state index is 3.75. The SMILES string of the molecule is CC(NC1CC(c2cccc(Br)c2)C1)c1ccccc1Br. The average molecular weight is 409 g/mol. The highest BCUT2D eigenvalue weighted by atomic mass is 79.9. The van der Waals surface area contributed by atoms with Crippen molar-refractivity contribution in [3.05, 3.63) is 68.6 Å². The van der Waals surface area contributed by atoms with E-state index < -0.39 is 0 Å². The number of nitrogens with one attached hydrogen (secondary N) is 1. The molecule has 1 N–H and O–H groups in total. The molecule has 0 radical (unpaired) electrons. The van der Waals surface area contributed by atoms with E-state index in [2.05, 4.69) is 92.6 Å². The summed E-state index contributed by atoms with van der Waals surface area (Å²) in [6, 6.07) is 18.2. The number of halogens is 2. The third-order valence-corrected chi connectivity index (χ3v) is 5.53. The van der Waals surface area contributed by atoms with Gasteiger partial charge in [0.1, 0.15) is 0 Å². The molecule has 2 aromatic carbocycles. The van der Waals surface area contributed by atoms with Gasteiger partial charge < -0.3 is 5.32 Å². The zero-order valence-corrected chi connectivity index (χ0v) is 15.2. The summed E-state index contributed by atoms with van der Waals surface area (Å²) in [7, 11) is 0. The standard InChI is InChI=1S/C18H19Br2N/c1-12(17-7-2-3-8-18(17)20)21-16-10-14(11-16)13-5-4-6-15(19)9-13/h2-9,12,14,16,21H,10-11H2,1H3. The van der Waals surface area contributed by atoms with Gasteiger partial charge in [-0.05, 0) is 55.0 Å². The lowest BCUT2D eigenvalue weighted by Crippen LogP contribution is -2.41. The zero-order valence-electron chi connectivity index (χ0n) is 12.0. The number of benzene rings is 2. The molecule has 0 saturated heterocycles. The van der Waals surface area contributed by atoms with Crippen LogP contribution in [0.1, 0.15) is 42.9 Å². The molecule has 0 amide bonds. The predicted molar refractivity (Wildman–Crippen MR) is 95.6 cm³/mol. The van der Waals surface area contributed by atoms with Crippen LogP contribution in [-0.4, -0.2) is 6.04 Å². The van der Waals surface area contributed by atoms with Gasteiger partial charge in [-0.1, -0.05) is 62.2 Å². The van der Waals surface area contributed by atoms with Crippen molar-refractivity contribution in [2.45, 2.75) is 37.8 Å². The average Bonchev–Trinajstić information content (AvgIpc) is 2.42. The van der Waals surface area contributed by atoms with Gasteiger partial charge in [-0.25, -0.2) is 0 Å². The van der Waals surface area contributed by atoms with Crippen LogP contribution < -0.4 is 5.32 Å². The Morgan fingerprint density at radius 1 is 1.05 bits per heavy atom. The fourth-order valence-electron chi connectivity index (χ4n) is 3.06. The van der Waals surface area contributed by atoms with Gasteiger partial charge >= 0.3 is 0 Å². The van der Waals surface area contributed by atoms with Crippen molar-refractivity contribution in [1.82, 2.24) is 5.32 Å². The Balaban J connectivity index is 1.56. The third kappa shape index (κ3) is 3.58. The summed E-state index contributed by atoms with van der Waals surface area (Å²) in [6.45, 7) is 2.24. The van der Waals surface area contributed by atoms with Crippen LogP contribution in [0.3, 0.4) is 0 Å². The molecule has 3 rings (SSSR count). The van der Waals surface area contributed by atoms with Gasteiger partial charge in [0.2, 0.25) is 0 Å². The molecular formula is C18H19Br2N. The lowest BCUT2D eigenvalue weighted by atomic mass is 9.75. The summed E-state index contributed by atoms with van der Waals surface area (Å²) < 4.78 is 2.37. The molecule has 2 aromatic rings. The van der Waals surface area contributed by atoms with Crippen LogP contribution in [0.25, 0.3) is 0 Å². The van der Waals surface area contributed by atoms with Gasteiger partial charge in [0.05, 0.1) is 0 Å². The minimum Gasteiger partial charge on any atom is -0.307 e. The van der Waals surface area contributed by atoms with E-state index in [0.717, 1.165) is 0 Å². The second-order valence-corrected chi connectivity index (χ2v) is 7.60. The fraction of sp³-hybridized carbons (Fsp3) is 0.333. The van der Waals surface area contributed by atoms with Crippen molar-refractivity contribution in [1.29, 1.82) is 0 Å². The van der Waals surface area contributed by atoms with Crippen molar-refractivity contribution >= 4 is 31.9 Å². The minimum atomic E-state index is 0.383. The first-order valence-corrected chi connectivity index (χ1v) is 8.98. The summed E-state index contributed by atoms with van der Waals surface area (Å²) in [6.07, 6.45) is 2.45. The highest BCUT2D eigenvalue weighted by molar-refractivity contribution is 9.10. The van der Waals surface area contributed by atoms with Crippen LogP contribution in [0.4, 0.5) is 0 Å². The minimum absolute atomic E-state index is 0.383. The zero-order chi connectivity index (χ0) is 14.8. The molecule has 1 atom stereocenters. The lowest BCUT2D eigenvalue weighted by Gasteiger charge is -2.38. The Bertz CT molecular complexity index is 620. The predicted octanol–water partition coefficient (Wildman–Crippen LogP) is 5.81. The van der Waals surface area contributed by atoms with E-state index in [1.165, 1.54) is 32.9 Å². The maximum atomic E-state index is 3.75. The number of rotatable bonds is 4. The van der Waals surface area contributed by atoms with Crippen molar-refractivity contribution in [3.8, 4) is 0 Å². The van der Waals surface area contributed by atoms with E-state index in [-0.39, 0.29) is 0 Å². The smallest absolute Gasteiger partial charge is 0.0305 e. The van der Waals surface area contributed by atoms with Gasteiger partial charge in [-0.3, -0.25) is 0 Å². The van der Waals surface area contributed by atoms with Crippen molar-refractivity contribution < 1.29 is 0 Å². The first-order valence-electron chi connectivity index (χ1n) is 7.39. The molecule has 1 aliphatic carbocycles. The summed E-state index contributed by atoms with van der Waals surface area (Å²) in [5, 5.41) is 3.75. The van der Waals surface area contributed by atoms with Gasteiger partial charge in [0, 0.05) is 21.0 Å². The fourth-order valence-corrected chi connectivity index (χ4v) is 4.10. The van der Waals surface area contributed by atoms with Gasteiger partial charge in [0.25, 0.3) is 0 Å². The molecule has 0 bridgehead atoms. The Kier molecular flexibility index (Phi) is 4.82. The lowest BCUT2D eigenvalue weighted by molar-refractivity contribution is 0.270. The van der Waals surface area contributed by atoms with E-state index in [0.29, 0.717) is 18.0 Å². The van der Waals surface area contributed by atoms with Crippen molar-refractivity contribution in [2.24, 2.45) is 0 Å². The van der Waals surface area contributed by atoms with Crippen LogP contribution >= 0.6 is 31.9 Å². The normalized spacial score (nSPS) is 22.6. The molecule has 110 valence electrons. The summed E-state index contributed by atoms with van der Waals surface area (Å²) in [4.78, 5) is 0. The van der Waals surface area contributed by atoms with Crippen LogP contribution in [0.5, 0.6) is 0 Å². The van der Waals surface area contributed by atoms with Gasteiger partial charge in [-0.15, -0.1) is 0 Å². The third-order valence-electron chi connectivity index (χ3n) is 4.32. The molecular weight excluding hydrogens is 390 g/mol. The molecule has 1 nitrogen and oxygen atoms in total. The molecule has 0 aromatic heterocycles. The van der Waals surface area contributed by atoms with Gasteiger partial charge in [0.15, 0.2) is 0 Å². The molecule has 1 fully saturated rings. The Morgan fingerprint density at radius 2 is 1.81 bits per heavy atom. The molecule has 1 aliphatic rings. The molecule has 21 heavy (non-hydrogen) atoms. The second-order valence-electron chi connectivity index (χ2n) is 5.83. The Labute approximate surface area is 143 Å². The molecule has 0 heterocycles. The van der Waals surface area contributed by atoms with Crippen molar-refractivity contribution in [2.75, 3.05) is 0 Å². The molecule has 0 aliphatic heterocycles. The second kappa shape index (κ2) is 6.64. The molecule has 3 heteroatoms. The summed E-state index contributed by atoms with van der Waals surface area (Å²) in [5.41, 5.74) is 2.79. The first-order chi connectivity index (χ1) is 10.1. The highest BCUT2D eigenvalue weighted by Gasteiger charge is 2.31. The Hall–Kier alpha value is -0.640. The number of hydrogen-bond donors (Lipinski definition) is 1. The quantitative estimate of drug-likeness (QED) is 0.673. The van der Waals surface area contributed by atoms with Crippen LogP contribution in [0.15, 0.2) is 57.5 Å². The summed E-state index contributed by atoms with van der Waals surface area (Å²) >= 11 is 7.19. The van der Waals surface area contributed by atoms with E-state index >= 15 is 0 Å². The van der Waals surface area contributed by atoms with E-state index in [1.54, 1.807) is 0 Å². The maximum Gasteiger partial charge on any atom is 0.0305 e. The molecule has 0 spiro atoms. The largest absolute Gasteiger partial charge is 0.307 e.